The number of nitrogens with one attached hydrogen (secondary N) is 2. The molecular formula is C8H14N4O. The molecule has 5 heteroatoms. The highest BCUT2D eigenvalue weighted by Crippen LogP contribution is 1.96. The summed E-state index contributed by atoms with van der Waals surface area (Å²) in [6, 6.07) is 1.46. The largest absolute Gasteiger partial charge is 0.368 e. The van der Waals surface area contributed by atoms with Gasteiger partial charge in [0.1, 0.15) is 11.6 Å². The molecule has 1 rings (SSSR count). The molecule has 0 saturated carbocycles. The molecule has 0 amide bonds. The minimum atomic E-state index is -0.153. The minimum absolute atomic E-state index is 0.0430. The van der Waals surface area contributed by atoms with E-state index >= 15 is 0 Å². The lowest BCUT2D eigenvalue weighted by Gasteiger charge is -2.07. The van der Waals surface area contributed by atoms with Crippen molar-refractivity contribution in [2.75, 3.05) is 11.9 Å². The van der Waals surface area contributed by atoms with E-state index in [1.54, 1.807) is 6.92 Å². The number of aryl methyl sites for hydroxylation is 1. The lowest BCUT2D eigenvalue weighted by Crippen LogP contribution is -2.26. The van der Waals surface area contributed by atoms with Crippen molar-refractivity contribution in [3.63, 3.8) is 0 Å². The number of nitrogens with zero attached hydrogens (tertiary/aromatic N) is 1. The number of anilines is 1. The lowest BCUT2D eigenvalue weighted by atomic mass is 10.3. The molecule has 1 aromatic rings. The molecule has 0 spiro atoms. The molecule has 0 bridgehead atoms. The molecule has 13 heavy (non-hydrogen) atoms. The van der Waals surface area contributed by atoms with Crippen molar-refractivity contribution in [1.82, 2.24) is 9.97 Å². The number of aromatic nitrogens is 2. The number of hydrogen-bond donors (Lipinski definition) is 3. The Morgan fingerprint density at radius 1 is 1.77 bits per heavy atom. The highest BCUT2D eigenvalue weighted by Gasteiger charge is 1.98. The highest BCUT2D eigenvalue weighted by atomic mass is 16.1. The van der Waals surface area contributed by atoms with Gasteiger partial charge >= 0.3 is 0 Å². The third kappa shape index (κ3) is 3.25. The second-order valence-corrected chi connectivity index (χ2v) is 3.07. The lowest BCUT2D eigenvalue weighted by molar-refractivity contribution is 0.775. The topological polar surface area (TPSA) is 83.8 Å². The Labute approximate surface area is 76.4 Å². The Balaban J connectivity index is 2.72. The van der Waals surface area contributed by atoms with Gasteiger partial charge in [0.2, 0.25) is 0 Å². The number of hydrogen-bond acceptors (Lipinski definition) is 4. The van der Waals surface area contributed by atoms with Gasteiger partial charge in [-0.3, -0.25) is 4.79 Å². The molecule has 0 aliphatic carbocycles. The summed E-state index contributed by atoms with van der Waals surface area (Å²) < 4.78 is 0. The summed E-state index contributed by atoms with van der Waals surface area (Å²) in [5, 5.41) is 2.97. The molecule has 1 heterocycles. The average molecular weight is 182 g/mol. The summed E-state index contributed by atoms with van der Waals surface area (Å²) in [5.74, 6) is 1.17. The SMILES string of the molecule is Cc1nc(NCC(C)N)cc(=O)[nH]1. The van der Waals surface area contributed by atoms with Crippen LogP contribution in [0.25, 0.3) is 0 Å². The van der Waals surface area contributed by atoms with Crippen LogP contribution in [0.15, 0.2) is 10.9 Å². The molecule has 0 fully saturated rings. The van der Waals surface area contributed by atoms with Gasteiger partial charge in [-0.1, -0.05) is 0 Å². The van der Waals surface area contributed by atoms with Crippen LogP contribution < -0.4 is 16.6 Å². The van der Waals surface area contributed by atoms with Crippen LogP contribution in [0.1, 0.15) is 12.7 Å². The Kier molecular flexibility index (Phi) is 3.02. The van der Waals surface area contributed by atoms with E-state index in [1.165, 1.54) is 6.07 Å². The van der Waals surface area contributed by atoms with Gasteiger partial charge in [0.15, 0.2) is 0 Å². The standard InChI is InChI=1S/C8H14N4O/c1-5(9)4-10-7-3-8(13)12-6(2)11-7/h3,5H,4,9H2,1-2H3,(H2,10,11,12,13). The fraction of sp³-hybridized carbons (Fsp3) is 0.500. The number of nitrogens with two attached hydrogens (primary N) is 1. The Morgan fingerprint density at radius 3 is 3.00 bits per heavy atom. The molecule has 5 nitrogen and oxygen atoms in total. The van der Waals surface area contributed by atoms with Crippen LogP contribution in [0.5, 0.6) is 0 Å². The van der Waals surface area contributed by atoms with Gasteiger partial charge in [-0.2, -0.15) is 0 Å². The first-order valence-electron chi connectivity index (χ1n) is 4.15. The Hall–Kier alpha value is -1.36. The van der Waals surface area contributed by atoms with E-state index < -0.39 is 0 Å². The molecule has 1 unspecified atom stereocenters. The quantitative estimate of drug-likeness (QED) is 0.606. The second-order valence-electron chi connectivity index (χ2n) is 3.07. The summed E-state index contributed by atoms with van der Waals surface area (Å²) in [5.41, 5.74) is 5.39. The van der Waals surface area contributed by atoms with Gasteiger partial charge in [-0.15, -0.1) is 0 Å². The Morgan fingerprint density at radius 2 is 2.46 bits per heavy atom. The van der Waals surface area contributed by atoms with Crippen LogP contribution >= 0.6 is 0 Å². The second kappa shape index (κ2) is 4.04. The first-order chi connectivity index (χ1) is 6.08. The molecule has 72 valence electrons. The van der Waals surface area contributed by atoms with E-state index in [4.69, 9.17) is 5.73 Å². The smallest absolute Gasteiger partial charge is 0.252 e. The molecule has 0 aliphatic heterocycles. The van der Waals surface area contributed by atoms with Crippen LogP contribution in [0, 0.1) is 6.92 Å². The van der Waals surface area contributed by atoms with Gasteiger partial charge in [-0.25, -0.2) is 4.98 Å². The summed E-state index contributed by atoms with van der Waals surface area (Å²) in [7, 11) is 0. The van der Waals surface area contributed by atoms with Crippen molar-refractivity contribution in [1.29, 1.82) is 0 Å². The maximum Gasteiger partial charge on any atom is 0.252 e. The fourth-order valence-corrected chi connectivity index (χ4v) is 0.936. The van der Waals surface area contributed by atoms with Crippen molar-refractivity contribution in [2.24, 2.45) is 5.73 Å². The van der Waals surface area contributed by atoms with Gasteiger partial charge in [0, 0.05) is 18.7 Å². The fourth-order valence-electron chi connectivity index (χ4n) is 0.936. The monoisotopic (exact) mass is 182 g/mol. The zero-order chi connectivity index (χ0) is 9.84. The first-order valence-corrected chi connectivity index (χ1v) is 4.15. The summed E-state index contributed by atoms with van der Waals surface area (Å²) in [4.78, 5) is 17.6. The molecule has 0 aromatic carbocycles. The summed E-state index contributed by atoms with van der Waals surface area (Å²) in [6.07, 6.45) is 0. The van der Waals surface area contributed by atoms with E-state index in [2.05, 4.69) is 15.3 Å². The third-order valence-electron chi connectivity index (χ3n) is 1.47. The van der Waals surface area contributed by atoms with Gasteiger partial charge in [-0.05, 0) is 13.8 Å². The van der Waals surface area contributed by atoms with E-state index in [9.17, 15) is 4.79 Å². The van der Waals surface area contributed by atoms with E-state index in [1.807, 2.05) is 6.92 Å². The van der Waals surface area contributed by atoms with Gasteiger partial charge in [0.25, 0.3) is 5.56 Å². The zero-order valence-corrected chi connectivity index (χ0v) is 7.79. The Bertz CT molecular complexity index is 331. The normalized spacial score (nSPS) is 12.5. The first kappa shape index (κ1) is 9.73. The van der Waals surface area contributed by atoms with Crippen molar-refractivity contribution in [3.8, 4) is 0 Å². The molecule has 0 aliphatic rings. The van der Waals surface area contributed by atoms with Crippen LogP contribution in [0.2, 0.25) is 0 Å². The van der Waals surface area contributed by atoms with Crippen LogP contribution in [0.4, 0.5) is 5.82 Å². The number of rotatable bonds is 3. The third-order valence-corrected chi connectivity index (χ3v) is 1.47. The van der Waals surface area contributed by atoms with Crippen LogP contribution in [0.3, 0.4) is 0 Å². The molecule has 0 saturated heterocycles. The van der Waals surface area contributed by atoms with Crippen LogP contribution in [-0.4, -0.2) is 22.6 Å². The van der Waals surface area contributed by atoms with Gasteiger partial charge in [0.05, 0.1) is 0 Å². The predicted octanol–water partition coefficient (Wildman–Crippen LogP) is -0.163. The van der Waals surface area contributed by atoms with E-state index in [0.717, 1.165) is 0 Å². The molecule has 0 radical (unpaired) electrons. The number of aromatic amines is 1. The van der Waals surface area contributed by atoms with Crippen molar-refractivity contribution >= 4 is 5.82 Å². The molecule has 4 N–H and O–H groups in total. The highest BCUT2D eigenvalue weighted by molar-refractivity contribution is 5.32. The summed E-state index contributed by atoms with van der Waals surface area (Å²) >= 11 is 0. The van der Waals surface area contributed by atoms with Crippen LogP contribution in [-0.2, 0) is 0 Å². The average Bonchev–Trinajstić information content (AvgIpc) is 1.99. The van der Waals surface area contributed by atoms with Crippen molar-refractivity contribution in [2.45, 2.75) is 19.9 Å². The minimum Gasteiger partial charge on any atom is -0.368 e. The maximum absolute atomic E-state index is 11.0. The molecule has 1 aromatic heterocycles. The maximum atomic E-state index is 11.0. The molecule has 1 atom stereocenters. The van der Waals surface area contributed by atoms with Crippen molar-refractivity contribution in [3.05, 3.63) is 22.2 Å². The summed E-state index contributed by atoms with van der Waals surface area (Å²) in [6.45, 7) is 4.22. The van der Waals surface area contributed by atoms with E-state index in [-0.39, 0.29) is 11.6 Å². The zero-order valence-electron chi connectivity index (χ0n) is 7.79. The van der Waals surface area contributed by atoms with Gasteiger partial charge < -0.3 is 16.0 Å². The van der Waals surface area contributed by atoms with Crippen molar-refractivity contribution < 1.29 is 0 Å². The predicted molar refractivity (Wildman–Crippen MR) is 51.7 cm³/mol. The van der Waals surface area contributed by atoms with E-state index in [0.29, 0.717) is 18.2 Å². The number of H-pyrrole nitrogens is 1. The molecular weight excluding hydrogens is 168 g/mol.